The van der Waals surface area contributed by atoms with Crippen LogP contribution in [0.15, 0.2) is 30.5 Å². The van der Waals surface area contributed by atoms with Crippen LogP contribution in [-0.2, 0) is 6.42 Å². The molecule has 0 aliphatic rings. The highest BCUT2D eigenvalue weighted by molar-refractivity contribution is 5.42. The topological polar surface area (TPSA) is 56.5 Å². The van der Waals surface area contributed by atoms with E-state index < -0.39 is 6.10 Å². The lowest BCUT2D eigenvalue weighted by atomic mass is 10.0. The van der Waals surface area contributed by atoms with Gasteiger partial charge in [0.05, 0.1) is 26.0 Å². The quantitative estimate of drug-likeness (QED) is 0.888. The van der Waals surface area contributed by atoms with Crippen molar-refractivity contribution in [3.05, 3.63) is 41.7 Å². The van der Waals surface area contributed by atoms with Gasteiger partial charge in [-0.1, -0.05) is 0 Å². The second-order valence-corrected chi connectivity index (χ2v) is 5.21. The summed E-state index contributed by atoms with van der Waals surface area (Å²) in [5.41, 5.74) is 1.55. The summed E-state index contributed by atoms with van der Waals surface area (Å²) in [5.74, 6) is 1.34. The number of aliphatic hydroxyl groups excluding tert-OH is 1. The molecule has 1 heterocycles. The molecule has 0 saturated heterocycles. The van der Waals surface area contributed by atoms with Gasteiger partial charge in [0.25, 0.3) is 0 Å². The Morgan fingerprint density at radius 1 is 1.19 bits per heavy atom. The number of hydrogen-bond donors (Lipinski definition) is 1. The van der Waals surface area contributed by atoms with Crippen molar-refractivity contribution in [2.24, 2.45) is 0 Å². The van der Waals surface area contributed by atoms with E-state index in [4.69, 9.17) is 9.47 Å². The molecule has 0 bridgehead atoms. The smallest absolute Gasteiger partial charge is 0.124 e. The SMILES string of the molecule is COc1ccc(OC)c(C(O)Cc2ccn(C(C)C)n2)c1. The molecule has 1 aromatic heterocycles. The molecule has 2 aromatic rings. The first-order valence-corrected chi connectivity index (χ1v) is 6.99. The highest BCUT2D eigenvalue weighted by atomic mass is 16.5. The molecule has 0 aliphatic heterocycles. The van der Waals surface area contributed by atoms with E-state index in [-0.39, 0.29) is 0 Å². The monoisotopic (exact) mass is 290 g/mol. The summed E-state index contributed by atoms with van der Waals surface area (Å²) in [4.78, 5) is 0. The third kappa shape index (κ3) is 3.55. The van der Waals surface area contributed by atoms with Crippen molar-refractivity contribution in [2.45, 2.75) is 32.4 Å². The van der Waals surface area contributed by atoms with Crippen LogP contribution in [0.2, 0.25) is 0 Å². The van der Waals surface area contributed by atoms with Crippen LogP contribution in [0, 0.1) is 0 Å². The van der Waals surface area contributed by atoms with Crippen molar-refractivity contribution in [1.29, 1.82) is 0 Å². The van der Waals surface area contributed by atoms with Crippen LogP contribution in [0.4, 0.5) is 0 Å². The van der Waals surface area contributed by atoms with Gasteiger partial charge >= 0.3 is 0 Å². The molecule has 0 saturated carbocycles. The van der Waals surface area contributed by atoms with Crippen LogP contribution < -0.4 is 9.47 Å². The Bertz CT molecular complexity index is 593. The zero-order valence-electron chi connectivity index (χ0n) is 12.9. The van der Waals surface area contributed by atoms with Crippen molar-refractivity contribution < 1.29 is 14.6 Å². The average Bonchev–Trinajstić information content (AvgIpc) is 2.95. The number of nitrogens with zero attached hydrogens (tertiary/aromatic N) is 2. The number of benzene rings is 1. The van der Waals surface area contributed by atoms with Gasteiger partial charge in [-0.05, 0) is 38.1 Å². The molecule has 1 N–H and O–H groups in total. The number of aliphatic hydroxyl groups is 1. The van der Waals surface area contributed by atoms with Gasteiger partial charge in [-0.15, -0.1) is 0 Å². The molecule has 0 fully saturated rings. The first-order valence-electron chi connectivity index (χ1n) is 6.99. The van der Waals surface area contributed by atoms with E-state index in [0.717, 1.165) is 5.69 Å². The van der Waals surface area contributed by atoms with Crippen LogP contribution >= 0.6 is 0 Å². The van der Waals surface area contributed by atoms with Crippen LogP contribution in [0.25, 0.3) is 0 Å². The van der Waals surface area contributed by atoms with Gasteiger partial charge in [0.2, 0.25) is 0 Å². The molecular weight excluding hydrogens is 268 g/mol. The maximum Gasteiger partial charge on any atom is 0.124 e. The number of hydrogen-bond acceptors (Lipinski definition) is 4. The molecule has 1 aromatic carbocycles. The van der Waals surface area contributed by atoms with Crippen LogP contribution in [0.5, 0.6) is 11.5 Å². The summed E-state index contributed by atoms with van der Waals surface area (Å²) in [6.07, 6.45) is 1.67. The van der Waals surface area contributed by atoms with Crippen molar-refractivity contribution >= 4 is 0 Å². The van der Waals surface area contributed by atoms with E-state index in [2.05, 4.69) is 18.9 Å². The number of methoxy groups -OCH3 is 2. The predicted octanol–water partition coefficient (Wildman–Crippen LogP) is 2.76. The normalized spacial score (nSPS) is 12.5. The van der Waals surface area contributed by atoms with Gasteiger partial charge in [0, 0.05) is 24.2 Å². The lowest BCUT2D eigenvalue weighted by Crippen LogP contribution is -2.07. The van der Waals surface area contributed by atoms with Crippen molar-refractivity contribution in [2.75, 3.05) is 14.2 Å². The summed E-state index contributed by atoms with van der Waals surface area (Å²) >= 11 is 0. The maximum absolute atomic E-state index is 10.5. The fourth-order valence-electron chi connectivity index (χ4n) is 2.18. The first kappa shape index (κ1) is 15.4. The molecule has 5 heteroatoms. The second kappa shape index (κ2) is 6.63. The third-order valence-corrected chi connectivity index (χ3v) is 3.39. The highest BCUT2D eigenvalue weighted by Crippen LogP contribution is 2.31. The van der Waals surface area contributed by atoms with Gasteiger partial charge in [-0.3, -0.25) is 4.68 Å². The number of rotatable bonds is 6. The Hall–Kier alpha value is -2.01. The standard InChI is InChI=1S/C16H22N2O3/c1-11(2)18-8-7-12(17-18)9-15(19)14-10-13(20-3)5-6-16(14)21-4/h5-8,10-11,15,19H,9H2,1-4H3. The van der Waals surface area contributed by atoms with Crippen molar-refractivity contribution in [3.63, 3.8) is 0 Å². The molecule has 0 aliphatic carbocycles. The molecule has 1 atom stereocenters. The average molecular weight is 290 g/mol. The summed E-state index contributed by atoms with van der Waals surface area (Å²) < 4.78 is 12.4. The van der Waals surface area contributed by atoms with Crippen LogP contribution in [0.1, 0.15) is 37.3 Å². The minimum atomic E-state index is -0.689. The molecule has 0 radical (unpaired) electrons. The second-order valence-electron chi connectivity index (χ2n) is 5.21. The van der Waals surface area contributed by atoms with Crippen LogP contribution in [0.3, 0.4) is 0 Å². The van der Waals surface area contributed by atoms with E-state index in [1.54, 1.807) is 26.4 Å². The molecule has 21 heavy (non-hydrogen) atoms. The highest BCUT2D eigenvalue weighted by Gasteiger charge is 2.16. The first-order chi connectivity index (χ1) is 10.0. The molecule has 0 spiro atoms. The maximum atomic E-state index is 10.5. The van der Waals surface area contributed by atoms with Crippen LogP contribution in [-0.4, -0.2) is 29.1 Å². The summed E-state index contributed by atoms with van der Waals surface area (Å²) in [6.45, 7) is 4.14. The third-order valence-electron chi connectivity index (χ3n) is 3.39. The molecule has 5 nitrogen and oxygen atoms in total. The Morgan fingerprint density at radius 2 is 1.95 bits per heavy atom. The van der Waals surface area contributed by atoms with E-state index in [9.17, 15) is 5.11 Å². The summed E-state index contributed by atoms with van der Waals surface area (Å²) in [5, 5.41) is 14.9. The Morgan fingerprint density at radius 3 is 2.52 bits per heavy atom. The van der Waals surface area contributed by atoms with Crippen molar-refractivity contribution in [1.82, 2.24) is 9.78 Å². The van der Waals surface area contributed by atoms with E-state index in [1.807, 2.05) is 23.0 Å². The number of aromatic nitrogens is 2. The molecule has 1 unspecified atom stereocenters. The Balaban J connectivity index is 2.20. The minimum absolute atomic E-state index is 0.308. The summed E-state index contributed by atoms with van der Waals surface area (Å²) in [7, 11) is 3.19. The zero-order chi connectivity index (χ0) is 15.4. The van der Waals surface area contributed by atoms with Crippen molar-refractivity contribution in [3.8, 4) is 11.5 Å². The van der Waals surface area contributed by atoms with Gasteiger partial charge in [0.1, 0.15) is 11.5 Å². The van der Waals surface area contributed by atoms with Gasteiger partial charge < -0.3 is 14.6 Å². The largest absolute Gasteiger partial charge is 0.497 e. The molecule has 2 rings (SSSR count). The number of ether oxygens (including phenoxy) is 2. The summed E-state index contributed by atoms with van der Waals surface area (Å²) in [6, 6.07) is 7.63. The Labute approximate surface area is 125 Å². The van der Waals surface area contributed by atoms with E-state index >= 15 is 0 Å². The fourth-order valence-corrected chi connectivity index (χ4v) is 2.18. The van der Waals surface area contributed by atoms with Gasteiger partial charge in [-0.2, -0.15) is 5.10 Å². The van der Waals surface area contributed by atoms with E-state index in [0.29, 0.717) is 29.5 Å². The fraction of sp³-hybridized carbons (Fsp3) is 0.438. The van der Waals surface area contributed by atoms with Gasteiger partial charge in [-0.25, -0.2) is 0 Å². The van der Waals surface area contributed by atoms with E-state index in [1.165, 1.54) is 0 Å². The Kier molecular flexibility index (Phi) is 4.85. The van der Waals surface area contributed by atoms with Gasteiger partial charge in [0.15, 0.2) is 0 Å². The molecule has 0 amide bonds. The molecule has 114 valence electrons. The minimum Gasteiger partial charge on any atom is -0.497 e. The zero-order valence-corrected chi connectivity index (χ0v) is 12.9. The predicted molar refractivity (Wildman–Crippen MR) is 80.8 cm³/mol. The molecular formula is C16H22N2O3. The lowest BCUT2D eigenvalue weighted by molar-refractivity contribution is 0.172. The lowest BCUT2D eigenvalue weighted by Gasteiger charge is -2.15.